The van der Waals surface area contributed by atoms with Crippen molar-refractivity contribution in [3.8, 4) is 0 Å². The highest BCUT2D eigenvalue weighted by Gasteiger charge is 2.22. The average molecular weight is 334 g/mol. The second kappa shape index (κ2) is 9.27. The number of aliphatic carboxylic acids is 1. The van der Waals surface area contributed by atoms with E-state index in [1.165, 1.54) is 11.1 Å². The summed E-state index contributed by atoms with van der Waals surface area (Å²) in [5.41, 5.74) is 2.39. The molecule has 1 aromatic rings. The van der Waals surface area contributed by atoms with E-state index >= 15 is 0 Å². The predicted octanol–water partition coefficient (Wildman–Crippen LogP) is 2.20. The van der Waals surface area contributed by atoms with Crippen LogP contribution < -0.4 is 5.32 Å². The standard InChI is InChI=1S/C18H26N2O4/c1-14-4-6-15(7-5-14)9-11-20(13-16-3-2-12-24-16)18(23)19-10-8-17(21)22/h4-7,16H,2-3,8-13H2,1H3,(H,19,23)(H,21,22). The van der Waals surface area contributed by atoms with Crippen LogP contribution in [0.25, 0.3) is 0 Å². The van der Waals surface area contributed by atoms with Gasteiger partial charge in [0.05, 0.1) is 12.5 Å². The molecule has 1 saturated heterocycles. The van der Waals surface area contributed by atoms with Crippen LogP contribution in [0, 0.1) is 6.92 Å². The fraction of sp³-hybridized carbons (Fsp3) is 0.556. The van der Waals surface area contributed by atoms with Gasteiger partial charge in [0.15, 0.2) is 0 Å². The number of nitrogens with zero attached hydrogens (tertiary/aromatic N) is 1. The molecule has 2 amide bonds. The van der Waals surface area contributed by atoms with Crippen molar-refractivity contribution in [2.45, 2.75) is 38.7 Å². The van der Waals surface area contributed by atoms with Crippen LogP contribution >= 0.6 is 0 Å². The summed E-state index contributed by atoms with van der Waals surface area (Å²) in [5, 5.41) is 11.4. The van der Waals surface area contributed by atoms with Crippen molar-refractivity contribution in [1.29, 1.82) is 0 Å². The molecule has 0 aliphatic carbocycles. The minimum atomic E-state index is -0.916. The Hall–Kier alpha value is -2.08. The molecule has 2 N–H and O–H groups in total. The number of carbonyl (C=O) groups excluding carboxylic acids is 1. The second-order valence-corrected chi connectivity index (χ2v) is 6.19. The lowest BCUT2D eigenvalue weighted by Gasteiger charge is -2.25. The van der Waals surface area contributed by atoms with Crippen LogP contribution in [-0.4, -0.2) is 54.4 Å². The Kier molecular flexibility index (Phi) is 7.06. The highest BCUT2D eigenvalue weighted by Crippen LogP contribution is 2.14. The number of aryl methyl sites for hydroxylation is 1. The summed E-state index contributed by atoms with van der Waals surface area (Å²) in [6.07, 6.45) is 2.76. The largest absolute Gasteiger partial charge is 0.481 e. The number of hydrogen-bond acceptors (Lipinski definition) is 3. The Morgan fingerprint density at radius 2 is 2.08 bits per heavy atom. The molecule has 1 fully saturated rings. The van der Waals surface area contributed by atoms with Crippen LogP contribution in [0.5, 0.6) is 0 Å². The number of carboxylic acids is 1. The van der Waals surface area contributed by atoms with E-state index in [1.807, 2.05) is 6.92 Å². The summed E-state index contributed by atoms with van der Waals surface area (Å²) in [4.78, 5) is 24.7. The van der Waals surface area contributed by atoms with Gasteiger partial charge in [0, 0.05) is 26.2 Å². The third-order valence-corrected chi connectivity index (χ3v) is 4.14. The van der Waals surface area contributed by atoms with Gasteiger partial charge in [-0.25, -0.2) is 4.79 Å². The third kappa shape index (κ3) is 6.20. The Bertz CT molecular complexity index is 538. The van der Waals surface area contributed by atoms with E-state index in [2.05, 4.69) is 29.6 Å². The van der Waals surface area contributed by atoms with Crippen LogP contribution in [0.3, 0.4) is 0 Å². The monoisotopic (exact) mass is 334 g/mol. The number of benzene rings is 1. The highest BCUT2D eigenvalue weighted by molar-refractivity contribution is 5.75. The third-order valence-electron chi connectivity index (χ3n) is 4.14. The first-order chi connectivity index (χ1) is 11.5. The van der Waals surface area contributed by atoms with Crippen molar-refractivity contribution >= 4 is 12.0 Å². The number of urea groups is 1. The van der Waals surface area contributed by atoms with E-state index in [4.69, 9.17) is 9.84 Å². The molecule has 1 aliphatic rings. The first-order valence-corrected chi connectivity index (χ1v) is 8.46. The highest BCUT2D eigenvalue weighted by atomic mass is 16.5. The van der Waals surface area contributed by atoms with Crippen molar-refractivity contribution in [2.24, 2.45) is 0 Å². The normalized spacial score (nSPS) is 16.8. The fourth-order valence-electron chi connectivity index (χ4n) is 2.72. The topological polar surface area (TPSA) is 78.9 Å². The Morgan fingerprint density at radius 3 is 2.71 bits per heavy atom. The van der Waals surface area contributed by atoms with Gasteiger partial charge >= 0.3 is 12.0 Å². The van der Waals surface area contributed by atoms with Crippen LogP contribution in [-0.2, 0) is 16.0 Å². The lowest BCUT2D eigenvalue weighted by Crippen LogP contribution is -2.45. The van der Waals surface area contributed by atoms with Crippen molar-refractivity contribution < 1.29 is 19.4 Å². The van der Waals surface area contributed by atoms with Gasteiger partial charge in [0.25, 0.3) is 0 Å². The molecule has 1 aromatic carbocycles. The fourth-order valence-corrected chi connectivity index (χ4v) is 2.72. The van der Waals surface area contributed by atoms with E-state index in [9.17, 15) is 9.59 Å². The molecule has 1 heterocycles. The molecule has 6 heteroatoms. The van der Waals surface area contributed by atoms with Gasteiger partial charge in [-0.3, -0.25) is 4.79 Å². The van der Waals surface area contributed by atoms with Gasteiger partial charge in [-0.15, -0.1) is 0 Å². The maximum absolute atomic E-state index is 12.4. The Morgan fingerprint density at radius 1 is 1.33 bits per heavy atom. The minimum Gasteiger partial charge on any atom is -0.481 e. The lowest BCUT2D eigenvalue weighted by atomic mass is 10.1. The first kappa shape index (κ1) is 18.3. The molecule has 0 bridgehead atoms. The smallest absolute Gasteiger partial charge is 0.317 e. The average Bonchev–Trinajstić information content (AvgIpc) is 3.05. The molecule has 2 rings (SSSR count). The summed E-state index contributed by atoms with van der Waals surface area (Å²) in [6.45, 7) is 4.06. The Labute approximate surface area is 142 Å². The first-order valence-electron chi connectivity index (χ1n) is 8.46. The summed E-state index contributed by atoms with van der Waals surface area (Å²) in [7, 11) is 0. The van der Waals surface area contributed by atoms with Gasteiger partial charge in [0.1, 0.15) is 0 Å². The number of nitrogens with one attached hydrogen (secondary N) is 1. The minimum absolute atomic E-state index is 0.0720. The van der Waals surface area contributed by atoms with Crippen LogP contribution in [0.4, 0.5) is 4.79 Å². The van der Waals surface area contributed by atoms with E-state index in [0.29, 0.717) is 13.1 Å². The molecule has 1 unspecified atom stereocenters. The van der Waals surface area contributed by atoms with Gasteiger partial charge in [-0.2, -0.15) is 0 Å². The van der Waals surface area contributed by atoms with Gasteiger partial charge in [0.2, 0.25) is 0 Å². The number of rotatable bonds is 8. The molecule has 6 nitrogen and oxygen atoms in total. The summed E-state index contributed by atoms with van der Waals surface area (Å²) >= 11 is 0. The zero-order valence-corrected chi connectivity index (χ0v) is 14.2. The SMILES string of the molecule is Cc1ccc(CCN(CC2CCCO2)C(=O)NCCC(=O)O)cc1. The molecule has 0 aromatic heterocycles. The van der Waals surface area contributed by atoms with Gasteiger partial charge < -0.3 is 20.1 Å². The van der Waals surface area contributed by atoms with Crippen LogP contribution in [0.2, 0.25) is 0 Å². The lowest BCUT2D eigenvalue weighted by molar-refractivity contribution is -0.136. The van der Waals surface area contributed by atoms with Gasteiger partial charge in [-0.1, -0.05) is 29.8 Å². The number of carbonyl (C=O) groups is 2. The number of amides is 2. The molecule has 0 spiro atoms. The van der Waals surface area contributed by atoms with Crippen LogP contribution in [0.1, 0.15) is 30.4 Å². The molecule has 1 atom stereocenters. The van der Waals surface area contributed by atoms with E-state index in [0.717, 1.165) is 25.9 Å². The van der Waals surface area contributed by atoms with E-state index in [-0.39, 0.29) is 25.1 Å². The van der Waals surface area contributed by atoms with E-state index in [1.54, 1.807) is 4.90 Å². The predicted molar refractivity (Wildman–Crippen MR) is 91.1 cm³/mol. The number of carboxylic acid groups (broad SMARTS) is 1. The van der Waals surface area contributed by atoms with Gasteiger partial charge in [-0.05, 0) is 31.7 Å². The van der Waals surface area contributed by atoms with Crippen molar-refractivity contribution in [3.63, 3.8) is 0 Å². The van der Waals surface area contributed by atoms with Crippen LogP contribution in [0.15, 0.2) is 24.3 Å². The molecular weight excluding hydrogens is 308 g/mol. The molecular formula is C18H26N2O4. The van der Waals surface area contributed by atoms with Crippen molar-refractivity contribution in [2.75, 3.05) is 26.2 Å². The Balaban J connectivity index is 1.89. The zero-order valence-electron chi connectivity index (χ0n) is 14.2. The molecule has 0 saturated carbocycles. The number of hydrogen-bond donors (Lipinski definition) is 2. The molecule has 1 aliphatic heterocycles. The summed E-state index contributed by atoms with van der Waals surface area (Å²) < 4.78 is 5.63. The molecule has 0 radical (unpaired) electrons. The van der Waals surface area contributed by atoms with Crippen molar-refractivity contribution in [3.05, 3.63) is 35.4 Å². The number of ether oxygens (including phenoxy) is 1. The quantitative estimate of drug-likeness (QED) is 0.764. The van der Waals surface area contributed by atoms with Crippen molar-refractivity contribution in [1.82, 2.24) is 10.2 Å². The zero-order chi connectivity index (χ0) is 17.4. The van der Waals surface area contributed by atoms with E-state index < -0.39 is 5.97 Å². The second-order valence-electron chi connectivity index (χ2n) is 6.19. The molecule has 24 heavy (non-hydrogen) atoms. The summed E-state index contributed by atoms with van der Waals surface area (Å²) in [6, 6.07) is 8.04. The molecule has 132 valence electrons. The maximum Gasteiger partial charge on any atom is 0.317 e. The summed E-state index contributed by atoms with van der Waals surface area (Å²) in [5.74, 6) is -0.916. The maximum atomic E-state index is 12.4.